The normalized spacial score (nSPS) is 23.5. The maximum Gasteiger partial charge on any atom is 0.127 e. The molecule has 39 heavy (non-hydrogen) atoms. The number of rotatable bonds is 9. The smallest absolute Gasteiger partial charge is 0.127 e. The Morgan fingerprint density at radius 3 is 2.31 bits per heavy atom. The second-order valence-corrected chi connectivity index (χ2v) is 12.3. The summed E-state index contributed by atoms with van der Waals surface area (Å²) in [5.41, 5.74) is 5.39. The Morgan fingerprint density at radius 2 is 1.69 bits per heavy atom. The molecular formula is C33H50N6. The van der Waals surface area contributed by atoms with Gasteiger partial charge in [-0.15, -0.1) is 0 Å². The van der Waals surface area contributed by atoms with Crippen LogP contribution in [-0.4, -0.2) is 76.6 Å². The number of hydrogen-bond donors (Lipinski definition) is 1. The van der Waals surface area contributed by atoms with Crippen LogP contribution in [0.5, 0.6) is 0 Å². The van der Waals surface area contributed by atoms with E-state index in [1.165, 1.54) is 28.9 Å². The molecule has 1 aromatic heterocycles. The van der Waals surface area contributed by atoms with Gasteiger partial charge in [0.2, 0.25) is 0 Å². The van der Waals surface area contributed by atoms with Gasteiger partial charge in [0.15, 0.2) is 0 Å². The Hall–Kier alpha value is -2.25. The third-order valence-corrected chi connectivity index (χ3v) is 9.30. The summed E-state index contributed by atoms with van der Waals surface area (Å²) in [6, 6.07) is 19.5. The average molecular weight is 531 g/mol. The van der Waals surface area contributed by atoms with Crippen LogP contribution in [0.15, 0.2) is 48.5 Å². The van der Waals surface area contributed by atoms with Gasteiger partial charge < -0.3 is 9.88 Å². The van der Waals surface area contributed by atoms with E-state index in [1.54, 1.807) is 0 Å². The van der Waals surface area contributed by atoms with E-state index in [9.17, 15) is 0 Å². The van der Waals surface area contributed by atoms with E-state index in [0.717, 1.165) is 64.0 Å². The van der Waals surface area contributed by atoms with E-state index < -0.39 is 0 Å². The lowest BCUT2D eigenvalue weighted by Crippen LogP contribution is -2.55. The Balaban J connectivity index is 1.35. The lowest BCUT2D eigenvalue weighted by Gasteiger charge is -2.46. The summed E-state index contributed by atoms with van der Waals surface area (Å²) >= 11 is 0. The van der Waals surface area contributed by atoms with Crippen LogP contribution < -0.4 is 5.32 Å². The van der Waals surface area contributed by atoms with Gasteiger partial charge in [-0.3, -0.25) is 14.7 Å². The highest BCUT2D eigenvalue weighted by atomic mass is 15.3. The van der Waals surface area contributed by atoms with E-state index in [4.69, 9.17) is 4.98 Å². The zero-order valence-corrected chi connectivity index (χ0v) is 25.2. The SMILES string of the molecule is CCCC(c1nc2cc(CN3CCC(c4ccccc4)(N(C)C)CC3)ccc2n1CC)N1C[C@@H](C)N[C@@H](C)C1. The van der Waals surface area contributed by atoms with Gasteiger partial charge in [-0.05, 0) is 77.4 Å². The topological polar surface area (TPSA) is 39.6 Å². The number of aromatic nitrogens is 2. The summed E-state index contributed by atoms with van der Waals surface area (Å²) < 4.78 is 2.48. The number of likely N-dealkylation sites (tertiary alicyclic amines) is 1. The number of nitrogens with one attached hydrogen (secondary N) is 1. The van der Waals surface area contributed by atoms with Crippen molar-refractivity contribution in [2.75, 3.05) is 40.3 Å². The highest BCUT2D eigenvalue weighted by molar-refractivity contribution is 5.77. The lowest BCUT2D eigenvalue weighted by atomic mass is 9.79. The van der Waals surface area contributed by atoms with E-state index in [-0.39, 0.29) is 5.54 Å². The molecule has 1 unspecified atom stereocenters. The molecule has 0 bridgehead atoms. The summed E-state index contributed by atoms with van der Waals surface area (Å²) in [5.74, 6) is 1.25. The van der Waals surface area contributed by atoms with E-state index in [0.29, 0.717) is 18.1 Å². The molecule has 2 aliphatic heterocycles. The molecule has 0 aliphatic carbocycles. The van der Waals surface area contributed by atoms with Gasteiger partial charge >= 0.3 is 0 Å². The summed E-state index contributed by atoms with van der Waals surface area (Å²) in [6.45, 7) is 15.5. The molecule has 2 aromatic carbocycles. The molecule has 3 aromatic rings. The Bertz CT molecular complexity index is 1200. The van der Waals surface area contributed by atoms with Gasteiger partial charge in [-0.25, -0.2) is 4.98 Å². The van der Waals surface area contributed by atoms with E-state index in [2.05, 4.69) is 115 Å². The van der Waals surface area contributed by atoms with Gasteiger partial charge in [0.1, 0.15) is 5.82 Å². The molecule has 3 heterocycles. The number of benzene rings is 2. The van der Waals surface area contributed by atoms with Crippen molar-refractivity contribution in [2.24, 2.45) is 0 Å². The van der Waals surface area contributed by atoms with Crippen molar-refractivity contribution in [3.8, 4) is 0 Å². The maximum atomic E-state index is 5.34. The van der Waals surface area contributed by atoms with Crippen molar-refractivity contribution in [2.45, 2.75) is 90.1 Å². The largest absolute Gasteiger partial charge is 0.327 e. The fourth-order valence-electron chi connectivity index (χ4n) is 7.33. The van der Waals surface area contributed by atoms with Crippen LogP contribution >= 0.6 is 0 Å². The van der Waals surface area contributed by atoms with Gasteiger partial charge in [-0.2, -0.15) is 0 Å². The second-order valence-electron chi connectivity index (χ2n) is 12.3. The van der Waals surface area contributed by atoms with Crippen molar-refractivity contribution in [3.05, 3.63) is 65.5 Å². The van der Waals surface area contributed by atoms with E-state index >= 15 is 0 Å². The van der Waals surface area contributed by atoms with Crippen molar-refractivity contribution >= 4 is 11.0 Å². The first kappa shape index (κ1) is 28.3. The second kappa shape index (κ2) is 12.1. The molecule has 1 N–H and O–H groups in total. The number of imidazole rings is 1. The van der Waals surface area contributed by atoms with Crippen molar-refractivity contribution in [1.82, 2.24) is 29.6 Å². The van der Waals surface area contributed by atoms with Gasteiger partial charge in [-0.1, -0.05) is 49.7 Å². The first-order chi connectivity index (χ1) is 18.8. The predicted molar refractivity (Wildman–Crippen MR) is 163 cm³/mol. The van der Waals surface area contributed by atoms with Crippen LogP contribution in [0.2, 0.25) is 0 Å². The highest BCUT2D eigenvalue weighted by Crippen LogP contribution is 2.38. The number of piperazine rings is 1. The minimum Gasteiger partial charge on any atom is -0.327 e. The third-order valence-electron chi connectivity index (χ3n) is 9.30. The fraction of sp³-hybridized carbons (Fsp3) is 0.606. The minimum atomic E-state index is 0.129. The van der Waals surface area contributed by atoms with Crippen LogP contribution in [0.3, 0.4) is 0 Å². The Labute approximate surface area is 236 Å². The lowest BCUT2D eigenvalue weighted by molar-refractivity contribution is 0.0507. The number of hydrogen-bond acceptors (Lipinski definition) is 5. The van der Waals surface area contributed by atoms with Crippen LogP contribution in [0.1, 0.15) is 76.4 Å². The zero-order valence-electron chi connectivity index (χ0n) is 25.2. The van der Waals surface area contributed by atoms with Crippen molar-refractivity contribution < 1.29 is 0 Å². The molecule has 2 fully saturated rings. The van der Waals surface area contributed by atoms with Crippen molar-refractivity contribution in [1.29, 1.82) is 0 Å². The molecule has 5 rings (SSSR count). The summed E-state index contributed by atoms with van der Waals surface area (Å²) in [5, 5.41) is 3.70. The molecule has 3 atom stereocenters. The average Bonchev–Trinajstić information content (AvgIpc) is 3.29. The van der Waals surface area contributed by atoms with Gasteiger partial charge in [0, 0.05) is 56.9 Å². The van der Waals surface area contributed by atoms with Gasteiger partial charge in [0.25, 0.3) is 0 Å². The summed E-state index contributed by atoms with van der Waals surface area (Å²) in [7, 11) is 4.48. The first-order valence-electron chi connectivity index (χ1n) is 15.3. The molecular weight excluding hydrogens is 480 g/mol. The molecule has 212 valence electrons. The van der Waals surface area contributed by atoms with Crippen LogP contribution in [0, 0.1) is 0 Å². The third kappa shape index (κ3) is 5.81. The monoisotopic (exact) mass is 530 g/mol. The van der Waals surface area contributed by atoms with E-state index in [1.807, 2.05) is 0 Å². The number of piperidine rings is 1. The molecule has 0 saturated carbocycles. The molecule has 0 spiro atoms. The molecule has 6 nitrogen and oxygen atoms in total. The summed E-state index contributed by atoms with van der Waals surface area (Å²) in [6.07, 6.45) is 4.63. The van der Waals surface area contributed by atoms with Crippen LogP contribution in [0.4, 0.5) is 0 Å². The van der Waals surface area contributed by atoms with Gasteiger partial charge in [0.05, 0.1) is 17.1 Å². The molecule has 0 amide bonds. The Morgan fingerprint density at radius 1 is 1.00 bits per heavy atom. The maximum absolute atomic E-state index is 5.34. The fourth-order valence-corrected chi connectivity index (χ4v) is 7.33. The highest BCUT2D eigenvalue weighted by Gasteiger charge is 2.38. The first-order valence-corrected chi connectivity index (χ1v) is 15.3. The standard InChI is InChI=1S/C33H50N6/c1-7-12-31(38-22-25(3)34-26(4)23-38)32-35-29-21-27(15-16-30(29)39(32)8-2)24-37-19-17-33(18-20-37,36(5)6)28-13-10-9-11-14-28/h9-11,13-16,21,25-26,31,34H,7-8,12,17-20,22-24H2,1-6H3/t25-,26+,31?. The van der Waals surface area contributed by atoms with Crippen LogP contribution in [0.25, 0.3) is 11.0 Å². The molecule has 2 saturated heterocycles. The van der Waals surface area contributed by atoms with Crippen LogP contribution in [-0.2, 0) is 18.6 Å². The molecule has 6 heteroatoms. The Kier molecular flexibility index (Phi) is 8.77. The number of nitrogens with zero attached hydrogens (tertiary/aromatic N) is 5. The predicted octanol–water partition coefficient (Wildman–Crippen LogP) is 5.63. The summed E-state index contributed by atoms with van der Waals surface area (Å²) in [4.78, 5) is 13.1. The quantitative estimate of drug-likeness (QED) is 0.388. The van der Waals surface area contributed by atoms with Crippen molar-refractivity contribution in [3.63, 3.8) is 0 Å². The minimum absolute atomic E-state index is 0.129. The number of fused-ring (bicyclic) bond motifs is 1. The zero-order chi connectivity index (χ0) is 27.6. The molecule has 2 aliphatic rings. The number of aryl methyl sites for hydroxylation is 1. The molecule has 0 radical (unpaired) electrons.